The summed E-state index contributed by atoms with van der Waals surface area (Å²) < 4.78 is 26.2. The van der Waals surface area contributed by atoms with Gasteiger partial charge in [0.05, 0.1) is 6.04 Å². The van der Waals surface area contributed by atoms with Gasteiger partial charge in [0, 0.05) is 26.3 Å². The van der Waals surface area contributed by atoms with Crippen LogP contribution >= 0.6 is 0 Å². The minimum Gasteiger partial charge on any atom is -0.378 e. The Labute approximate surface area is 140 Å². The zero-order valence-corrected chi connectivity index (χ0v) is 13.9. The molecular formula is C18H21F2N3O. The van der Waals surface area contributed by atoms with Crippen molar-refractivity contribution in [3.63, 3.8) is 0 Å². The summed E-state index contributed by atoms with van der Waals surface area (Å²) in [6.45, 7) is 2.09. The molecule has 2 aromatic rings. The van der Waals surface area contributed by atoms with Crippen molar-refractivity contribution in [3.05, 3.63) is 65.2 Å². The zero-order valence-electron chi connectivity index (χ0n) is 13.9. The summed E-state index contributed by atoms with van der Waals surface area (Å²) in [7, 11) is 3.92. The molecule has 2 aromatic carbocycles. The van der Waals surface area contributed by atoms with Gasteiger partial charge in [-0.3, -0.25) is 0 Å². The fourth-order valence-corrected chi connectivity index (χ4v) is 2.21. The monoisotopic (exact) mass is 333 g/mol. The molecule has 0 saturated heterocycles. The van der Waals surface area contributed by atoms with E-state index in [9.17, 15) is 13.6 Å². The summed E-state index contributed by atoms with van der Waals surface area (Å²) in [6.07, 6.45) is 0. The summed E-state index contributed by atoms with van der Waals surface area (Å²) in [5.74, 6) is -1.83. The van der Waals surface area contributed by atoms with E-state index in [0.717, 1.165) is 23.4 Å². The molecule has 0 bridgehead atoms. The fourth-order valence-electron chi connectivity index (χ4n) is 2.21. The highest BCUT2D eigenvalue weighted by Crippen LogP contribution is 2.16. The molecule has 0 spiro atoms. The smallest absolute Gasteiger partial charge is 0.315 e. The van der Waals surface area contributed by atoms with Crippen molar-refractivity contribution < 1.29 is 13.6 Å². The topological polar surface area (TPSA) is 44.4 Å². The van der Waals surface area contributed by atoms with Crippen LogP contribution < -0.4 is 15.5 Å². The molecule has 6 heteroatoms. The van der Waals surface area contributed by atoms with Gasteiger partial charge in [-0.05, 0) is 42.3 Å². The Balaban J connectivity index is 1.87. The van der Waals surface area contributed by atoms with E-state index in [-0.39, 0.29) is 6.03 Å². The van der Waals surface area contributed by atoms with Crippen molar-refractivity contribution in [1.29, 1.82) is 0 Å². The van der Waals surface area contributed by atoms with Gasteiger partial charge < -0.3 is 15.5 Å². The standard InChI is InChI=1S/C18H21F2N3O/c1-12(14-6-9-16(19)17(20)10-14)22-18(24)21-11-13-4-7-15(8-5-13)23(2)3/h4-10,12H,11H2,1-3H3,(H2,21,22,24). The van der Waals surface area contributed by atoms with Crippen molar-refractivity contribution >= 4 is 11.7 Å². The molecule has 0 saturated carbocycles. The molecule has 2 rings (SSSR count). The predicted octanol–water partition coefficient (Wildman–Crippen LogP) is 3.59. The molecule has 4 nitrogen and oxygen atoms in total. The number of carbonyl (C=O) groups is 1. The molecule has 0 fully saturated rings. The van der Waals surface area contributed by atoms with Crippen LogP contribution in [-0.4, -0.2) is 20.1 Å². The van der Waals surface area contributed by atoms with E-state index in [1.54, 1.807) is 6.92 Å². The number of amides is 2. The van der Waals surface area contributed by atoms with Crippen molar-refractivity contribution in [2.75, 3.05) is 19.0 Å². The Kier molecular flexibility index (Phi) is 5.73. The second kappa shape index (κ2) is 7.77. The van der Waals surface area contributed by atoms with E-state index in [0.29, 0.717) is 12.1 Å². The van der Waals surface area contributed by atoms with Crippen molar-refractivity contribution in [2.45, 2.75) is 19.5 Å². The molecular weight excluding hydrogens is 312 g/mol. The van der Waals surface area contributed by atoms with Crippen LogP contribution in [0.15, 0.2) is 42.5 Å². The first-order chi connectivity index (χ1) is 11.4. The van der Waals surface area contributed by atoms with Crippen LogP contribution in [0.4, 0.5) is 19.3 Å². The van der Waals surface area contributed by atoms with Gasteiger partial charge in [-0.2, -0.15) is 0 Å². The third-order valence-corrected chi connectivity index (χ3v) is 3.70. The molecule has 0 aliphatic heterocycles. The average molecular weight is 333 g/mol. The Morgan fingerprint density at radius 3 is 2.33 bits per heavy atom. The Morgan fingerprint density at radius 2 is 1.75 bits per heavy atom. The molecule has 24 heavy (non-hydrogen) atoms. The number of nitrogens with zero attached hydrogens (tertiary/aromatic N) is 1. The lowest BCUT2D eigenvalue weighted by molar-refractivity contribution is 0.237. The Morgan fingerprint density at radius 1 is 1.08 bits per heavy atom. The molecule has 0 aliphatic rings. The molecule has 128 valence electrons. The molecule has 0 aliphatic carbocycles. The van der Waals surface area contributed by atoms with E-state index in [2.05, 4.69) is 10.6 Å². The van der Waals surface area contributed by atoms with E-state index >= 15 is 0 Å². The van der Waals surface area contributed by atoms with Crippen LogP contribution in [0.2, 0.25) is 0 Å². The second-order valence-electron chi connectivity index (χ2n) is 5.78. The molecule has 0 radical (unpaired) electrons. The lowest BCUT2D eigenvalue weighted by Gasteiger charge is -2.16. The van der Waals surface area contributed by atoms with Gasteiger partial charge in [-0.25, -0.2) is 13.6 Å². The molecule has 0 aromatic heterocycles. The maximum atomic E-state index is 13.2. The summed E-state index contributed by atoms with van der Waals surface area (Å²) in [5, 5.41) is 5.44. The highest BCUT2D eigenvalue weighted by Gasteiger charge is 2.11. The number of hydrogen-bond donors (Lipinski definition) is 2. The molecule has 2 N–H and O–H groups in total. The van der Waals surface area contributed by atoms with Crippen LogP contribution in [0.1, 0.15) is 24.1 Å². The number of rotatable bonds is 5. The van der Waals surface area contributed by atoms with E-state index in [1.807, 2.05) is 43.3 Å². The third kappa shape index (κ3) is 4.68. The van der Waals surface area contributed by atoms with E-state index in [4.69, 9.17) is 0 Å². The molecule has 0 heterocycles. The summed E-state index contributed by atoms with van der Waals surface area (Å²) in [6, 6.07) is 10.6. The van der Waals surface area contributed by atoms with E-state index in [1.165, 1.54) is 6.07 Å². The highest BCUT2D eigenvalue weighted by molar-refractivity contribution is 5.74. The van der Waals surface area contributed by atoms with Crippen LogP contribution in [0.3, 0.4) is 0 Å². The number of carbonyl (C=O) groups excluding carboxylic acids is 1. The minimum atomic E-state index is -0.928. The van der Waals surface area contributed by atoms with Gasteiger partial charge in [-0.15, -0.1) is 0 Å². The first-order valence-corrected chi connectivity index (χ1v) is 7.62. The largest absolute Gasteiger partial charge is 0.378 e. The molecule has 2 amide bonds. The van der Waals surface area contributed by atoms with Gasteiger partial charge in [0.2, 0.25) is 0 Å². The van der Waals surface area contributed by atoms with Crippen LogP contribution in [-0.2, 0) is 6.54 Å². The molecule has 1 atom stereocenters. The Hall–Kier alpha value is -2.63. The van der Waals surface area contributed by atoms with Crippen molar-refractivity contribution in [2.24, 2.45) is 0 Å². The quantitative estimate of drug-likeness (QED) is 0.878. The summed E-state index contributed by atoms with van der Waals surface area (Å²) >= 11 is 0. The number of hydrogen-bond acceptors (Lipinski definition) is 2. The van der Waals surface area contributed by atoms with Gasteiger partial charge in [-0.1, -0.05) is 18.2 Å². The third-order valence-electron chi connectivity index (χ3n) is 3.70. The first-order valence-electron chi connectivity index (χ1n) is 7.62. The van der Waals surface area contributed by atoms with Crippen LogP contribution in [0.25, 0.3) is 0 Å². The van der Waals surface area contributed by atoms with Gasteiger partial charge in [0.1, 0.15) is 0 Å². The highest BCUT2D eigenvalue weighted by atomic mass is 19.2. The Bertz CT molecular complexity index is 702. The zero-order chi connectivity index (χ0) is 17.7. The minimum absolute atomic E-state index is 0.371. The van der Waals surface area contributed by atoms with Crippen molar-refractivity contribution in [1.82, 2.24) is 10.6 Å². The fraction of sp³-hybridized carbons (Fsp3) is 0.278. The summed E-state index contributed by atoms with van der Waals surface area (Å²) in [4.78, 5) is 13.9. The lowest BCUT2D eigenvalue weighted by Crippen LogP contribution is -2.36. The van der Waals surface area contributed by atoms with Crippen molar-refractivity contribution in [3.8, 4) is 0 Å². The van der Waals surface area contributed by atoms with Crippen LogP contribution in [0.5, 0.6) is 0 Å². The number of halogens is 2. The molecule has 1 unspecified atom stereocenters. The predicted molar refractivity (Wildman–Crippen MR) is 90.9 cm³/mol. The second-order valence-corrected chi connectivity index (χ2v) is 5.78. The SMILES string of the molecule is CC(NC(=O)NCc1ccc(N(C)C)cc1)c1ccc(F)c(F)c1. The average Bonchev–Trinajstić information content (AvgIpc) is 2.55. The number of urea groups is 1. The number of benzene rings is 2. The van der Waals surface area contributed by atoms with Crippen LogP contribution in [0, 0.1) is 11.6 Å². The first kappa shape index (κ1) is 17.7. The maximum absolute atomic E-state index is 13.2. The van der Waals surface area contributed by atoms with Gasteiger partial charge in [0.15, 0.2) is 11.6 Å². The number of nitrogens with one attached hydrogen (secondary N) is 2. The van der Waals surface area contributed by atoms with Gasteiger partial charge in [0.25, 0.3) is 0 Å². The van der Waals surface area contributed by atoms with Gasteiger partial charge >= 0.3 is 6.03 Å². The maximum Gasteiger partial charge on any atom is 0.315 e. The lowest BCUT2D eigenvalue weighted by atomic mass is 10.1. The normalized spacial score (nSPS) is 11.7. The van der Waals surface area contributed by atoms with E-state index < -0.39 is 17.7 Å². The summed E-state index contributed by atoms with van der Waals surface area (Å²) in [5.41, 5.74) is 2.55. The number of anilines is 1.